The first kappa shape index (κ1) is 8.73. The Morgan fingerprint density at radius 2 is 2.23 bits per heavy atom. The first-order valence-corrected chi connectivity index (χ1v) is 5.45. The molecule has 1 aromatic heterocycles. The van der Waals surface area contributed by atoms with E-state index in [2.05, 4.69) is 41.9 Å². The predicted octanol–water partition coefficient (Wildman–Crippen LogP) is 3.01. The second kappa shape index (κ2) is 3.90. The molecule has 0 saturated carbocycles. The molecule has 2 heteroatoms. The molecule has 1 heterocycles. The molecule has 1 N–H and O–H groups in total. The molecule has 0 fully saturated rings. The van der Waals surface area contributed by atoms with Crippen molar-refractivity contribution >= 4 is 21.4 Å². The fourth-order valence-electron chi connectivity index (χ4n) is 1.45. The van der Waals surface area contributed by atoms with Crippen LogP contribution in [0, 0.1) is 0 Å². The standard InChI is InChI=1S/C11H13NS/c1-2-12-8-10-5-3-4-9-6-7-13-11(9)10/h3-7,12H,2,8H2,1H3. The number of thiophene rings is 1. The van der Waals surface area contributed by atoms with Gasteiger partial charge in [0.05, 0.1) is 0 Å². The van der Waals surface area contributed by atoms with E-state index in [1.54, 1.807) is 0 Å². The zero-order valence-corrected chi connectivity index (χ0v) is 8.53. The zero-order valence-electron chi connectivity index (χ0n) is 7.71. The van der Waals surface area contributed by atoms with Crippen molar-refractivity contribution in [2.75, 3.05) is 6.54 Å². The average Bonchev–Trinajstić information content (AvgIpc) is 2.62. The lowest BCUT2D eigenvalue weighted by Gasteiger charge is -2.02. The number of fused-ring (bicyclic) bond motifs is 1. The lowest BCUT2D eigenvalue weighted by Crippen LogP contribution is -2.11. The molecule has 0 saturated heterocycles. The van der Waals surface area contributed by atoms with Crippen LogP contribution in [0.5, 0.6) is 0 Å². The molecule has 0 radical (unpaired) electrons. The Balaban J connectivity index is 2.37. The Labute approximate surface area is 82.4 Å². The van der Waals surface area contributed by atoms with E-state index in [0.29, 0.717) is 0 Å². The zero-order chi connectivity index (χ0) is 9.10. The van der Waals surface area contributed by atoms with Gasteiger partial charge in [-0.25, -0.2) is 0 Å². The van der Waals surface area contributed by atoms with Crippen LogP contribution < -0.4 is 5.32 Å². The molecule has 13 heavy (non-hydrogen) atoms. The number of hydrogen-bond donors (Lipinski definition) is 1. The molecular formula is C11H13NS. The van der Waals surface area contributed by atoms with Crippen LogP contribution in [0.3, 0.4) is 0 Å². The Hall–Kier alpha value is -0.860. The van der Waals surface area contributed by atoms with Gasteiger partial charge in [0.15, 0.2) is 0 Å². The highest BCUT2D eigenvalue weighted by atomic mass is 32.1. The maximum atomic E-state index is 3.35. The normalized spacial score (nSPS) is 10.8. The summed E-state index contributed by atoms with van der Waals surface area (Å²) in [5, 5.41) is 6.87. The predicted molar refractivity (Wildman–Crippen MR) is 59.2 cm³/mol. The van der Waals surface area contributed by atoms with Gasteiger partial charge >= 0.3 is 0 Å². The van der Waals surface area contributed by atoms with E-state index in [4.69, 9.17) is 0 Å². The Morgan fingerprint density at radius 3 is 3.08 bits per heavy atom. The van der Waals surface area contributed by atoms with E-state index >= 15 is 0 Å². The molecule has 0 amide bonds. The third-order valence-corrected chi connectivity index (χ3v) is 3.13. The molecule has 2 rings (SSSR count). The summed E-state index contributed by atoms with van der Waals surface area (Å²) in [6, 6.07) is 8.67. The van der Waals surface area contributed by atoms with Crippen molar-refractivity contribution in [2.24, 2.45) is 0 Å². The summed E-state index contributed by atoms with van der Waals surface area (Å²) in [4.78, 5) is 0. The van der Waals surface area contributed by atoms with Gasteiger partial charge in [0.2, 0.25) is 0 Å². The number of hydrogen-bond acceptors (Lipinski definition) is 2. The van der Waals surface area contributed by atoms with Crippen molar-refractivity contribution in [1.82, 2.24) is 5.32 Å². The van der Waals surface area contributed by atoms with Gasteiger partial charge in [0.1, 0.15) is 0 Å². The van der Waals surface area contributed by atoms with Crippen LogP contribution in [-0.2, 0) is 6.54 Å². The number of nitrogens with one attached hydrogen (secondary N) is 1. The average molecular weight is 191 g/mol. The molecule has 0 bridgehead atoms. The fourth-order valence-corrected chi connectivity index (χ4v) is 2.37. The van der Waals surface area contributed by atoms with Crippen LogP contribution >= 0.6 is 11.3 Å². The van der Waals surface area contributed by atoms with Crippen molar-refractivity contribution in [1.29, 1.82) is 0 Å². The maximum absolute atomic E-state index is 3.35. The van der Waals surface area contributed by atoms with Crippen LogP contribution in [0.2, 0.25) is 0 Å². The molecule has 0 unspecified atom stereocenters. The molecule has 0 aliphatic carbocycles. The molecule has 1 aromatic carbocycles. The summed E-state index contributed by atoms with van der Waals surface area (Å²) in [6.07, 6.45) is 0. The highest BCUT2D eigenvalue weighted by molar-refractivity contribution is 7.17. The third kappa shape index (κ3) is 1.74. The van der Waals surface area contributed by atoms with Gasteiger partial charge < -0.3 is 5.32 Å². The maximum Gasteiger partial charge on any atom is 0.0387 e. The first-order valence-electron chi connectivity index (χ1n) is 4.57. The minimum atomic E-state index is 0.981. The Kier molecular flexibility index (Phi) is 2.62. The molecule has 0 aliphatic heterocycles. The SMILES string of the molecule is CCNCc1cccc2ccsc12. The minimum Gasteiger partial charge on any atom is -0.313 e. The van der Waals surface area contributed by atoms with E-state index in [1.807, 2.05) is 11.3 Å². The van der Waals surface area contributed by atoms with Gasteiger partial charge in [-0.2, -0.15) is 0 Å². The van der Waals surface area contributed by atoms with Crippen LogP contribution in [0.1, 0.15) is 12.5 Å². The van der Waals surface area contributed by atoms with Crippen LogP contribution in [0.15, 0.2) is 29.6 Å². The van der Waals surface area contributed by atoms with E-state index in [1.165, 1.54) is 15.6 Å². The van der Waals surface area contributed by atoms with Gasteiger partial charge in [-0.05, 0) is 28.9 Å². The lowest BCUT2D eigenvalue weighted by molar-refractivity contribution is 0.731. The second-order valence-corrected chi connectivity index (χ2v) is 3.95. The molecule has 0 atom stereocenters. The molecule has 0 spiro atoms. The topological polar surface area (TPSA) is 12.0 Å². The number of benzene rings is 1. The summed E-state index contributed by atoms with van der Waals surface area (Å²) in [5.41, 5.74) is 1.41. The van der Waals surface area contributed by atoms with Gasteiger partial charge in [-0.3, -0.25) is 0 Å². The quantitative estimate of drug-likeness (QED) is 0.786. The smallest absolute Gasteiger partial charge is 0.0387 e. The summed E-state index contributed by atoms with van der Waals surface area (Å²) in [5.74, 6) is 0. The first-order chi connectivity index (χ1) is 6.42. The fraction of sp³-hybridized carbons (Fsp3) is 0.273. The van der Waals surface area contributed by atoms with E-state index < -0.39 is 0 Å². The third-order valence-electron chi connectivity index (χ3n) is 2.13. The molecule has 0 aliphatic rings. The Bertz CT molecular complexity index is 392. The second-order valence-electron chi connectivity index (χ2n) is 3.04. The van der Waals surface area contributed by atoms with Crippen LogP contribution in [0.4, 0.5) is 0 Å². The molecule has 1 nitrogen and oxygen atoms in total. The Morgan fingerprint density at radius 1 is 1.31 bits per heavy atom. The molecule has 68 valence electrons. The minimum absolute atomic E-state index is 0.981. The van der Waals surface area contributed by atoms with Gasteiger partial charge in [0.25, 0.3) is 0 Å². The van der Waals surface area contributed by atoms with E-state index in [-0.39, 0.29) is 0 Å². The monoisotopic (exact) mass is 191 g/mol. The summed E-state index contributed by atoms with van der Waals surface area (Å²) in [6.45, 7) is 4.14. The van der Waals surface area contributed by atoms with Gasteiger partial charge in [0, 0.05) is 11.2 Å². The van der Waals surface area contributed by atoms with Crippen molar-refractivity contribution in [3.63, 3.8) is 0 Å². The highest BCUT2D eigenvalue weighted by Gasteiger charge is 1.99. The van der Waals surface area contributed by atoms with Crippen LogP contribution in [-0.4, -0.2) is 6.54 Å². The van der Waals surface area contributed by atoms with Crippen molar-refractivity contribution < 1.29 is 0 Å². The van der Waals surface area contributed by atoms with E-state index in [0.717, 1.165) is 13.1 Å². The van der Waals surface area contributed by atoms with Crippen molar-refractivity contribution in [3.8, 4) is 0 Å². The summed E-state index contributed by atoms with van der Waals surface area (Å²) in [7, 11) is 0. The number of rotatable bonds is 3. The largest absolute Gasteiger partial charge is 0.313 e. The van der Waals surface area contributed by atoms with Gasteiger partial charge in [-0.15, -0.1) is 11.3 Å². The highest BCUT2D eigenvalue weighted by Crippen LogP contribution is 2.24. The molecule has 2 aromatic rings. The van der Waals surface area contributed by atoms with E-state index in [9.17, 15) is 0 Å². The van der Waals surface area contributed by atoms with Gasteiger partial charge in [-0.1, -0.05) is 25.1 Å². The van der Waals surface area contributed by atoms with Crippen molar-refractivity contribution in [3.05, 3.63) is 35.2 Å². The summed E-state index contributed by atoms with van der Waals surface area (Å²) < 4.78 is 1.42. The summed E-state index contributed by atoms with van der Waals surface area (Å²) >= 11 is 1.82. The van der Waals surface area contributed by atoms with Crippen LogP contribution in [0.25, 0.3) is 10.1 Å². The molecular weight excluding hydrogens is 178 g/mol. The van der Waals surface area contributed by atoms with Crippen molar-refractivity contribution in [2.45, 2.75) is 13.5 Å². The lowest BCUT2D eigenvalue weighted by atomic mass is 10.2.